The second-order valence-electron chi connectivity index (χ2n) is 11.7. The Bertz CT molecular complexity index is 1340. The summed E-state index contributed by atoms with van der Waals surface area (Å²) in [6, 6.07) is 11.3. The fourth-order valence-electron chi connectivity index (χ4n) is 5.57. The van der Waals surface area contributed by atoms with Crippen molar-refractivity contribution >= 4 is 27.6 Å². The molecule has 3 N–H and O–H groups in total. The fraction of sp³-hybridized carbons (Fsp3) is 0.548. The molecule has 2 aromatic carbocycles. The number of amides is 3. The summed E-state index contributed by atoms with van der Waals surface area (Å²) in [5.41, 5.74) is 2.07. The first-order chi connectivity index (χ1) is 20.0. The molecule has 0 radical (unpaired) electrons. The van der Waals surface area contributed by atoms with Crippen molar-refractivity contribution in [2.75, 3.05) is 32.1 Å². The van der Waals surface area contributed by atoms with Crippen LogP contribution in [-0.4, -0.2) is 79.6 Å². The number of carbonyl (C=O) groups is 2. The number of sulfonamides is 1. The molecular formula is C31H44N4O6S. The van der Waals surface area contributed by atoms with Crippen molar-refractivity contribution in [3.8, 4) is 5.75 Å². The Balaban J connectivity index is 1.59. The van der Waals surface area contributed by atoms with Gasteiger partial charge in [-0.25, -0.2) is 13.2 Å². The van der Waals surface area contributed by atoms with E-state index >= 15 is 0 Å². The number of rotatable bonds is 8. The highest BCUT2D eigenvalue weighted by atomic mass is 32.2. The number of likely N-dealkylation sites (N-methyl/N-ethyl adjacent to an activating group) is 1. The largest absolute Gasteiger partial charge is 0.488 e. The van der Waals surface area contributed by atoms with E-state index in [-0.39, 0.29) is 54.9 Å². The molecular weight excluding hydrogens is 556 g/mol. The molecule has 0 spiro atoms. The molecule has 0 aromatic heterocycles. The molecule has 2 aliphatic rings. The average Bonchev–Trinajstić information content (AvgIpc) is 3.00. The minimum atomic E-state index is -3.79. The molecule has 2 aromatic rings. The summed E-state index contributed by atoms with van der Waals surface area (Å²) in [6.45, 7) is 5.72. The molecule has 1 aliphatic carbocycles. The number of aryl methyl sites for hydroxylation is 1. The Kier molecular flexibility index (Phi) is 10.5. The summed E-state index contributed by atoms with van der Waals surface area (Å²) >= 11 is 0. The summed E-state index contributed by atoms with van der Waals surface area (Å²) in [6.07, 6.45) is 4.74. The third kappa shape index (κ3) is 7.81. The molecule has 42 heavy (non-hydrogen) atoms. The SMILES string of the molecule is Cc1ccc(S(=O)(=O)N(C)C[C@H]2Oc3ccc(NC(=O)NC4CCCCC4)cc3CC(=O)N([C@H](C)CO)C[C@@H]2C)cc1. The van der Waals surface area contributed by atoms with Crippen LogP contribution >= 0.6 is 0 Å². The van der Waals surface area contributed by atoms with Crippen molar-refractivity contribution in [3.63, 3.8) is 0 Å². The predicted molar refractivity (Wildman–Crippen MR) is 162 cm³/mol. The van der Waals surface area contributed by atoms with Crippen LogP contribution < -0.4 is 15.4 Å². The van der Waals surface area contributed by atoms with E-state index in [0.29, 0.717) is 17.0 Å². The van der Waals surface area contributed by atoms with Gasteiger partial charge in [0.1, 0.15) is 11.9 Å². The van der Waals surface area contributed by atoms with Gasteiger partial charge in [-0.1, -0.05) is 43.9 Å². The van der Waals surface area contributed by atoms with Crippen molar-refractivity contribution in [2.45, 2.75) is 82.4 Å². The van der Waals surface area contributed by atoms with Crippen molar-refractivity contribution in [1.82, 2.24) is 14.5 Å². The van der Waals surface area contributed by atoms with Crippen LogP contribution in [0.4, 0.5) is 10.5 Å². The topological polar surface area (TPSA) is 128 Å². The molecule has 230 valence electrons. The van der Waals surface area contributed by atoms with Gasteiger partial charge in [-0.05, 0) is 57.0 Å². The number of nitrogens with zero attached hydrogens (tertiary/aromatic N) is 2. The first-order valence-corrected chi connectivity index (χ1v) is 16.2. The van der Waals surface area contributed by atoms with E-state index in [4.69, 9.17) is 4.74 Å². The summed E-state index contributed by atoms with van der Waals surface area (Å²) in [5.74, 6) is 0.0139. The number of benzene rings is 2. The molecule has 1 aliphatic heterocycles. The lowest BCUT2D eigenvalue weighted by Crippen LogP contribution is -2.48. The lowest BCUT2D eigenvalue weighted by Gasteiger charge is -2.33. The predicted octanol–water partition coefficient (Wildman–Crippen LogP) is 3.92. The van der Waals surface area contributed by atoms with Gasteiger partial charge >= 0.3 is 6.03 Å². The zero-order chi connectivity index (χ0) is 30.4. The number of hydrogen-bond donors (Lipinski definition) is 3. The Morgan fingerprint density at radius 2 is 1.83 bits per heavy atom. The van der Waals surface area contributed by atoms with Gasteiger partial charge in [0.2, 0.25) is 15.9 Å². The molecule has 0 unspecified atom stereocenters. The number of carbonyl (C=O) groups excluding carboxylic acids is 2. The van der Waals surface area contributed by atoms with Crippen LogP contribution in [0.25, 0.3) is 0 Å². The third-order valence-corrected chi connectivity index (χ3v) is 10.1. The van der Waals surface area contributed by atoms with E-state index in [9.17, 15) is 23.1 Å². The molecule has 0 saturated heterocycles. The molecule has 0 bridgehead atoms. The van der Waals surface area contributed by atoms with E-state index in [1.54, 1.807) is 54.3 Å². The summed E-state index contributed by atoms with van der Waals surface area (Å²) in [4.78, 5) is 28.0. The van der Waals surface area contributed by atoms with Gasteiger partial charge < -0.3 is 25.4 Å². The van der Waals surface area contributed by atoms with Gasteiger partial charge in [-0.2, -0.15) is 4.31 Å². The van der Waals surface area contributed by atoms with E-state index < -0.39 is 22.2 Å². The first kappa shape index (κ1) is 31.8. The van der Waals surface area contributed by atoms with Gasteiger partial charge in [0.25, 0.3) is 0 Å². The number of aliphatic hydroxyl groups excluding tert-OH is 1. The molecule has 1 heterocycles. The molecule has 1 saturated carbocycles. The van der Waals surface area contributed by atoms with Crippen molar-refractivity contribution < 1.29 is 27.9 Å². The normalized spacial score (nSPS) is 21.0. The third-order valence-electron chi connectivity index (χ3n) is 8.28. The van der Waals surface area contributed by atoms with Crippen LogP contribution in [0.2, 0.25) is 0 Å². The van der Waals surface area contributed by atoms with Gasteiger partial charge in [0, 0.05) is 36.8 Å². The lowest BCUT2D eigenvalue weighted by molar-refractivity contribution is -0.134. The van der Waals surface area contributed by atoms with E-state index in [0.717, 1.165) is 31.2 Å². The minimum absolute atomic E-state index is 0.0103. The Morgan fingerprint density at radius 1 is 1.14 bits per heavy atom. The zero-order valence-electron chi connectivity index (χ0n) is 25.0. The molecule has 10 nitrogen and oxygen atoms in total. The second-order valence-corrected chi connectivity index (χ2v) is 13.8. The van der Waals surface area contributed by atoms with Crippen molar-refractivity contribution in [1.29, 1.82) is 0 Å². The van der Waals surface area contributed by atoms with E-state index in [2.05, 4.69) is 10.6 Å². The number of ether oxygens (including phenoxy) is 1. The van der Waals surface area contributed by atoms with E-state index in [1.807, 2.05) is 13.8 Å². The Labute approximate surface area is 249 Å². The summed E-state index contributed by atoms with van der Waals surface area (Å²) in [5, 5.41) is 15.8. The number of urea groups is 1. The van der Waals surface area contributed by atoms with Gasteiger partial charge in [0.05, 0.1) is 30.5 Å². The highest BCUT2D eigenvalue weighted by Crippen LogP contribution is 2.30. The highest BCUT2D eigenvalue weighted by molar-refractivity contribution is 7.89. The van der Waals surface area contributed by atoms with Crippen molar-refractivity contribution in [2.24, 2.45) is 5.92 Å². The maximum atomic E-state index is 13.5. The zero-order valence-corrected chi connectivity index (χ0v) is 25.8. The quantitative estimate of drug-likeness (QED) is 0.422. The van der Waals surface area contributed by atoms with Crippen LogP contribution in [0, 0.1) is 12.8 Å². The minimum Gasteiger partial charge on any atom is -0.488 e. The van der Waals surface area contributed by atoms with Gasteiger partial charge in [-0.3, -0.25) is 4.79 Å². The first-order valence-electron chi connectivity index (χ1n) is 14.8. The lowest BCUT2D eigenvalue weighted by atomic mass is 9.96. The number of aliphatic hydroxyl groups is 1. The molecule has 1 fully saturated rings. The highest BCUT2D eigenvalue weighted by Gasteiger charge is 2.33. The maximum absolute atomic E-state index is 13.5. The van der Waals surface area contributed by atoms with Gasteiger partial charge in [-0.15, -0.1) is 0 Å². The van der Waals surface area contributed by atoms with E-state index in [1.165, 1.54) is 17.8 Å². The Hall–Kier alpha value is -3.15. The molecule has 4 rings (SSSR count). The summed E-state index contributed by atoms with van der Waals surface area (Å²) < 4.78 is 34.5. The maximum Gasteiger partial charge on any atom is 0.319 e. The van der Waals surface area contributed by atoms with Crippen LogP contribution in [-0.2, 0) is 21.2 Å². The number of fused-ring (bicyclic) bond motifs is 1. The average molecular weight is 601 g/mol. The molecule has 3 amide bonds. The van der Waals surface area contributed by atoms with Crippen LogP contribution in [0.3, 0.4) is 0 Å². The van der Waals surface area contributed by atoms with Crippen LogP contribution in [0.5, 0.6) is 5.75 Å². The molecule has 3 atom stereocenters. The van der Waals surface area contributed by atoms with Gasteiger partial charge in [0.15, 0.2) is 0 Å². The van der Waals surface area contributed by atoms with Crippen LogP contribution in [0.1, 0.15) is 57.1 Å². The van der Waals surface area contributed by atoms with Crippen molar-refractivity contribution in [3.05, 3.63) is 53.6 Å². The Morgan fingerprint density at radius 3 is 2.50 bits per heavy atom. The fourth-order valence-corrected chi connectivity index (χ4v) is 6.75. The smallest absolute Gasteiger partial charge is 0.319 e. The monoisotopic (exact) mass is 600 g/mol. The number of nitrogens with one attached hydrogen (secondary N) is 2. The number of anilines is 1. The second kappa shape index (κ2) is 13.9. The summed E-state index contributed by atoms with van der Waals surface area (Å²) in [7, 11) is -2.26. The molecule has 11 heteroatoms. The number of hydrogen-bond acceptors (Lipinski definition) is 6. The van der Waals surface area contributed by atoms with Crippen LogP contribution in [0.15, 0.2) is 47.4 Å². The standard InChI is InChI=1S/C31H44N4O6S/c1-21-10-13-27(14-11-21)42(39,40)34(4)19-29-22(2)18-35(23(3)20-36)30(37)17-24-16-26(12-15-28(24)41-29)33-31(38)32-25-8-6-5-7-9-25/h10-16,22-23,25,29,36H,5-9,17-20H2,1-4H3,(H2,32,33,38)/t22-,23+,29+/m0/s1.